The molecule has 0 saturated heterocycles. The zero-order valence-corrected chi connectivity index (χ0v) is 17.9. The van der Waals surface area contributed by atoms with Gasteiger partial charge in [-0.15, -0.1) is 0 Å². The molecule has 0 fully saturated rings. The van der Waals surface area contributed by atoms with Gasteiger partial charge in [0.25, 0.3) is 5.91 Å². The van der Waals surface area contributed by atoms with Gasteiger partial charge in [0.1, 0.15) is 11.9 Å². The lowest BCUT2D eigenvalue weighted by atomic mass is 9.92. The van der Waals surface area contributed by atoms with E-state index in [1.165, 1.54) is 23.3 Å². The minimum absolute atomic E-state index is 0.00642. The molecule has 8 heteroatoms. The number of nitrogens with one attached hydrogen (secondary N) is 1. The number of primary amides is 1. The zero-order valence-electron chi connectivity index (χ0n) is 17.9. The maximum absolute atomic E-state index is 13.2. The molecule has 4 rings (SSSR count). The highest BCUT2D eigenvalue weighted by atomic mass is 19.1. The van der Waals surface area contributed by atoms with Gasteiger partial charge < -0.3 is 20.4 Å². The van der Waals surface area contributed by atoms with Crippen molar-refractivity contribution in [2.45, 2.75) is 25.4 Å². The first-order valence-electron chi connectivity index (χ1n) is 10.6. The largest absolute Gasteiger partial charge is 0.459 e. The predicted octanol–water partition coefficient (Wildman–Crippen LogP) is 2.45. The fourth-order valence-electron chi connectivity index (χ4n) is 4.03. The average molecular weight is 449 g/mol. The molecule has 33 heavy (non-hydrogen) atoms. The summed E-state index contributed by atoms with van der Waals surface area (Å²) in [6, 6.07) is 15.8. The number of carbonyl (C=O) groups excluding carboxylic acids is 3. The summed E-state index contributed by atoms with van der Waals surface area (Å²) in [5, 5.41) is 2.79. The number of nitrogens with zero attached hydrogens (tertiary/aromatic N) is 1. The number of halogens is 1. The minimum atomic E-state index is -0.767. The van der Waals surface area contributed by atoms with E-state index in [0.29, 0.717) is 6.42 Å². The Morgan fingerprint density at radius 1 is 1.06 bits per heavy atom. The lowest BCUT2D eigenvalue weighted by Gasteiger charge is -2.35. The summed E-state index contributed by atoms with van der Waals surface area (Å²) in [7, 11) is 0. The highest BCUT2D eigenvalue weighted by molar-refractivity contribution is 5.96. The molecule has 0 spiro atoms. The second-order valence-corrected chi connectivity index (χ2v) is 8.07. The Bertz CT molecular complexity index is 1140. The second kappa shape index (κ2) is 9.68. The van der Waals surface area contributed by atoms with Crippen molar-refractivity contribution in [2.75, 3.05) is 6.54 Å². The third-order valence-corrected chi connectivity index (χ3v) is 5.86. The number of hydrogen-bond acceptors (Lipinski definition) is 4. The number of furan rings is 1. The van der Waals surface area contributed by atoms with E-state index in [1.54, 1.807) is 24.3 Å². The molecule has 3 aromatic rings. The Morgan fingerprint density at radius 2 is 1.79 bits per heavy atom. The third kappa shape index (κ3) is 5.11. The van der Waals surface area contributed by atoms with Crippen LogP contribution in [0.3, 0.4) is 0 Å². The van der Waals surface area contributed by atoms with E-state index in [9.17, 15) is 18.8 Å². The van der Waals surface area contributed by atoms with E-state index in [0.717, 1.165) is 16.7 Å². The van der Waals surface area contributed by atoms with Crippen molar-refractivity contribution in [1.29, 1.82) is 0 Å². The van der Waals surface area contributed by atoms with Crippen LogP contribution in [0.25, 0.3) is 0 Å². The van der Waals surface area contributed by atoms with Crippen molar-refractivity contribution in [1.82, 2.24) is 10.2 Å². The van der Waals surface area contributed by atoms with E-state index in [-0.39, 0.29) is 42.9 Å². The number of carbonyl (C=O) groups is 3. The Labute approximate surface area is 190 Å². The molecule has 0 aliphatic carbocycles. The van der Waals surface area contributed by atoms with Gasteiger partial charge in [0.05, 0.1) is 12.2 Å². The molecular weight excluding hydrogens is 425 g/mol. The van der Waals surface area contributed by atoms with E-state index >= 15 is 0 Å². The van der Waals surface area contributed by atoms with E-state index < -0.39 is 17.9 Å². The molecule has 3 amide bonds. The van der Waals surface area contributed by atoms with Gasteiger partial charge in [0.2, 0.25) is 11.8 Å². The van der Waals surface area contributed by atoms with Gasteiger partial charge >= 0.3 is 0 Å². The van der Waals surface area contributed by atoms with Gasteiger partial charge in [-0.05, 0) is 47.4 Å². The number of amides is 3. The molecule has 2 atom stereocenters. The molecule has 170 valence electrons. The van der Waals surface area contributed by atoms with Crippen LogP contribution in [0.5, 0.6) is 0 Å². The normalized spacial score (nSPS) is 16.0. The van der Waals surface area contributed by atoms with E-state index in [2.05, 4.69) is 5.32 Å². The highest BCUT2D eigenvalue weighted by Crippen LogP contribution is 2.25. The van der Waals surface area contributed by atoms with E-state index in [1.807, 2.05) is 24.3 Å². The second-order valence-electron chi connectivity index (χ2n) is 8.07. The summed E-state index contributed by atoms with van der Waals surface area (Å²) in [5.41, 5.74) is 8.22. The zero-order chi connectivity index (χ0) is 23.4. The molecule has 2 unspecified atom stereocenters. The van der Waals surface area contributed by atoms with Crippen molar-refractivity contribution in [3.8, 4) is 0 Å². The molecule has 3 N–H and O–H groups in total. The molecule has 0 radical (unpaired) electrons. The quantitative estimate of drug-likeness (QED) is 0.578. The molecule has 1 aliphatic heterocycles. The van der Waals surface area contributed by atoms with Crippen LogP contribution in [-0.2, 0) is 29.0 Å². The van der Waals surface area contributed by atoms with Gasteiger partial charge in [-0.2, -0.15) is 0 Å². The van der Waals surface area contributed by atoms with Gasteiger partial charge in [0, 0.05) is 19.5 Å². The average Bonchev–Trinajstić information content (AvgIpc) is 3.36. The Morgan fingerprint density at radius 3 is 2.45 bits per heavy atom. The Hall–Kier alpha value is -3.94. The van der Waals surface area contributed by atoms with Crippen LogP contribution < -0.4 is 11.1 Å². The predicted molar refractivity (Wildman–Crippen MR) is 118 cm³/mol. The maximum atomic E-state index is 13.2. The van der Waals surface area contributed by atoms with Crippen molar-refractivity contribution >= 4 is 17.7 Å². The Kier molecular flexibility index (Phi) is 6.53. The van der Waals surface area contributed by atoms with Crippen LogP contribution in [-0.4, -0.2) is 35.2 Å². The first kappa shape index (κ1) is 22.3. The van der Waals surface area contributed by atoms with Gasteiger partial charge in [-0.3, -0.25) is 14.4 Å². The first-order valence-corrected chi connectivity index (χ1v) is 10.6. The molecule has 1 aliphatic rings. The number of benzene rings is 2. The van der Waals surface area contributed by atoms with Gasteiger partial charge in [-0.25, -0.2) is 4.39 Å². The fraction of sp³-hybridized carbons (Fsp3) is 0.240. The van der Waals surface area contributed by atoms with Crippen LogP contribution in [0, 0.1) is 11.7 Å². The maximum Gasteiger partial charge on any atom is 0.290 e. The number of fused-ring (bicyclic) bond motifs is 1. The van der Waals surface area contributed by atoms with Gasteiger partial charge in [-0.1, -0.05) is 36.4 Å². The van der Waals surface area contributed by atoms with Crippen molar-refractivity contribution in [3.05, 3.63) is 95.2 Å². The number of hydrogen-bond donors (Lipinski definition) is 2. The number of nitrogens with two attached hydrogens (primary N) is 1. The molecule has 1 aromatic heterocycles. The van der Waals surface area contributed by atoms with Gasteiger partial charge in [0.15, 0.2) is 5.76 Å². The smallest absolute Gasteiger partial charge is 0.290 e. The molecule has 7 nitrogen and oxygen atoms in total. The molecule has 0 bridgehead atoms. The monoisotopic (exact) mass is 449 g/mol. The third-order valence-electron chi connectivity index (χ3n) is 5.86. The van der Waals surface area contributed by atoms with E-state index in [4.69, 9.17) is 10.2 Å². The molecule has 2 heterocycles. The molecular formula is C25H24FN3O4. The fourth-order valence-corrected chi connectivity index (χ4v) is 4.03. The summed E-state index contributed by atoms with van der Waals surface area (Å²) in [6.07, 6.45) is 2.01. The minimum Gasteiger partial charge on any atom is -0.459 e. The van der Waals surface area contributed by atoms with Crippen molar-refractivity contribution in [3.63, 3.8) is 0 Å². The summed E-state index contributed by atoms with van der Waals surface area (Å²) >= 11 is 0. The summed E-state index contributed by atoms with van der Waals surface area (Å²) in [4.78, 5) is 39.7. The van der Waals surface area contributed by atoms with Crippen LogP contribution >= 0.6 is 0 Å². The topological polar surface area (TPSA) is 106 Å². The van der Waals surface area contributed by atoms with Crippen molar-refractivity contribution < 1.29 is 23.2 Å². The highest BCUT2D eigenvalue weighted by Gasteiger charge is 2.36. The number of rotatable bonds is 7. The van der Waals surface area contributed by atoms with Crippen LogP contribution in [0.15, 0.2) is 71.3 Å². The summed E-state index contributed by atoms with van der Waals surface area (Å²) < 4.78 is 18.4. The van der Waals surface area contributed by atoms with Crippen molar-refractivity contribution in [2.24, 2.45) is 11.7 Å². The molecule has 2 aromatic carbocycles. The standard InChI is InChI=1S/C25H24FN3O4/c26-20-9-7-16(8-10-20)12-19(23(27)30)14-28-24(31)21-13-17-4-1-2-5-18(17)15-29(21)25(32)22-6-3-11-33-22/h1-11,19,21H,12-15H2,(H2,27,30)(H,28,31). The molecule has 0 saturated carbocycles. The Balaban J connectivity index is 1.49. The summed E-state index contributed by atoms with van der Waals surface area (Å²) in [5.74, 6) is -2.23. The lowest BCUT2D eigenvalue weighted by Crippen LogP contribution is -2.53. The van der Waals surface area contributed by atoms with Crippen LogP contribution in [0.2, 0.25) is 0 Å². The SMILES string of the molecule is NC(=O)C(CNC(=O)C1Cc2ccccc2CN1C(=O)c1ccco1)Cc1ccc(F)cc1. The van der Waals surface area contributed by atoms with Crippen LogP contribution in [0.4, 0.5) is 4.39 Å². The first-order chi connectivity index (χ1) is 15.9. The summed E-state index contributed by atoms with van der Waals surface area (Å²) in [6.45, 7) is 0.273. The lowest BCUT2D eigenvalue weighted by molar-refractivity contribution is -0.127. The van der Waals surface area contributed by atoms with Crippen LogP contribution in [0.1, 0.15) is 27.2 Å².